The van der Waals surface area contributed by atoms with Crippen molar-refractivity contribution in [1.29, 1.82) is 0 Å². The minimum absolute atomic E-state index is 1.12. The molecule has 0 bridgehead atoms. The molecule has 0 atom stereocenters. The van der Waals surface area contributed by atoms with Crippen LogP contribution in [0, 0.1) is 0 Å². The van der Waals surface area contributed by atoms with Gasteiger partial charge >= 0.3 is 0 Å². The van der Waals surface area contributed by atoms with Crippen LogP contribution in [0.2, 0.25) is 0 Å². The van der Waals surface area contributed by atoms with Gasteiger partial charge < -0.3 is 0 Å². The van der Waals surface area contributed by atoms with Crippen LogP contribution in [0.3, 0.4) is 0 Å². The minimum Gasteiger partial charge on any atom is -0.113 e. The Labute approximate surface area is 124 Å². The third kappa shape index (κ3) is 6.08. The molecule has 0 fully saturated rings. The maximum absolute atomic E-state index is 3.69. The molecule has 0 aliphatic rings. The molecular weight excluding hydrogens is 240 g/mol. The third-order valence-corrected chi connectivity index (χ3v) is 3.38. The Kier molecular flexibility index (Phi) is 8.51. The largest absolute Gasteiger partial charge is 0.113 e. The van der Waals surface area contributed by atoms with Crippen molar-refractivity contribution in [3.05, 3.63) is 59.4 Å². The summed E-state index contributed by atoms with van der Waals surface area (Å²) >= 11 is 0. The van der Waals surface area contributed by atoms with E-state index in [4.69, 9.17) is 0 Å². The van der Waals surface area contributed by atoms with Gasteiger partial charge in [0.25, 0.3) is 0 Å². The quantitative estimate of drug-likeness (QED) is 0.370. The monoisotopic (exact) mass is 268 g/mol. The highest BCUT2D eigenvalue weighted by Gasteiger charge is 2.01. The number of hydrogen-bond donors (Lipinski definition) is 0. The molecule has 0 nitrogen and oxygen atoms in total. The first-order valence-corrected chi connectivity index (χ1v) is 7.98. The molecular formula is C20H28. The summed E-state index contributed by atoms with van der Waals surface area (Å²) in [5.41, 5.74) is 7.70. The van der Waals surface area contributed by atoms with Crippen molar-refractivity contribution in [2.75, 3.05) is 0 Å². The number of unbranched alkanes of at least 4 members (excludes halogenated alkanes) is 2. The molecule has 1 rings (SSSR count). The van der Waals surface area contributed by atoms with E-state index in [1.54, 1.807) is 0 Å². The smallest absolute Gasteiger partial charge is 0.00149 e. The van der Waals surface area contributed by atoms with Gasteiger partial charge in [0.15, 0.2) is 0 Å². The second kappa shape index (κ2) is 10.3. The zero-order chi connectivity index (χ0) is 14.6. The Balaban J connectivity index is 3.13. The maximum atomic E-state index is 3.69. The SMILES string of the molecule is C/C=C/C(=C=C(CCCC)c1ccccc1)CCCC. The van der Waals surface area contributed by atoms with Crippen LogP contribution >= 0.6 is 0 Å². The summed E-state index contributed by atoms with van der Waals surface area (Å²) in [6.45, 7) is 6.57. The predicted octanol–water partition coefficient (Wildman–Crippen LogP) is 6.55. The van der Waals surface area contributed by atoms with Crippen LogP contribution in [-0.4, -0.2) is 0 Å². The summed E-state index contributed by atoms with van der Waals surface area (Å²) in [4.78, 5) is 0. The van der Waals surface area contributed by atoms with E-state index >= 15 is 0 Å². The van der Waals surface area contributed by atoms with Crippen molar-refractivity contribution in [3.63, 3.8) is 0 Å². The van der Waals surface area contributed by atoms with Crippen molar-refractivity contribution in [2.24, 2.45) is 0 Å². The van der Waals surface area contributed by atoms with Crippen molar-refractivity contribution in [2.45, 2.75) is 59.3 Å². The van der Waals surface area contributed by atoms with Gasteiger partial charge in [0, 0.05) is 5.57 Å². The normalized spacial score (nSPS) is 10.6. The Morgan fingerprint density at radius 2 is 1.65 bits per heavy atom. The summed E-state index contributed by atoms with van der Waals surface area (Å²) in [7, 11) is 0. The van der Waals surface area contributed by atoms with E-state index in [0.29, 0.717) is 0 Å². The molecule has 0 saturated carbocycles. The van der Waals surface area contributed by atoms with Gasteiger partial charge in [-0.15, -0.1) is 5.73 Å². The number of hydrogen-bond acceptors (Lipinski definition) is 0. The Morgan fingerprint density at radius 3 is 2.25 bits per heavy atom. The first-order valence-electron chi connectivity index (χ1n) is 7.98. The molecule has 0 spiro atoms. The zero-order valence-electron chi connectivity index (χ0n) is 13.3. The topological polar surface area (TPSA) is 0 Å². The van der Waals surface area contributed by atoms with Crippen molar-refractivity contribution < 1.29 is 0 Å². The summed E-state index contributed by atoms with van der Waals surface area (Å²) in [6.07, 6.45) is 11.5. The van der Waals surface area contributed by atoms with Gasteiger partial charge in [-0.2, -0.15) is 0 Å². The Morgan fingerprint density at radius 1 is 1.00 bits per heavy atom. The van der Waals surface area contributed by atoms with Crippen LogP contribution in [0.15, 0.2) is 53.8 Å². The van der Waals surface area contributed by atoms with Gasteiger partial charge in [0.1, 0.15) is 0 Å². The molecule has 0 unspecified atom stereocenters. The summed E-state index contributed by atoms with van der Waals surface area (Å²) in [5.74, 6) is 0. The van der Waals surface area contributed by atoms with Gasteiger partial charge in [-0.25, -0.2) is 0 Å². The van der Waals surface area contributed by atoms with E-state index in [1.165, 1.54) is 42.4 Å². The van der Waals surface area contributed by atoms with E-state index < -0.39 is 0 Å². The lowest BCUT2D eigenvalue weighted by molar-refractivity contribution is 0.797. The van der Waals surface area contributed by atoms with E-state index in [1.807, 2.05) is 0 Å². The fourth-order valence-corrected chi connectivity index (χ4v) is 2.22. The second-order valence-corrected chi connectivity index (χ2v) is 5.20. The zero-order valence-corrected chi connectivity index (χ0v) is 13.3. The van der Waals surface area contributed by atoms with E-state index in [9.17, 15) is 0 Å². The van der Waals surface area contributed by atoms with Gasteiger partial charge in [-0.1, -0.05) is 69.2 Å². The van der Waals surface area contributed by atoms with Crippen LogP contribution in [-0.2, 0) is 0 Å². The molecule has 0 amide bonds. The van der Waals surface area contributed by atoms with E-state index in [2.05, 4.69) is 69.0 Å². The molecule has 0 heteroatoms. The van der Waals surface area contributed by atoms with Crippen molar-refractivity contribution in [1.82, 2.24) is 0 Å². The molecule has 20 heavy (non-hydrogen) atoms. The molecule has 0 radical (unpaired) electrons. The lowest BCUT2D eigenvalue weighted by atomic mass is 9.99. The third-order valence-electron chi connectivity index (χ3n) is 3.38. The van der Waals surface area contributed by atoms with Crippen molar-refractivity contribution >= 4 is 5.57 Å². The number of rotatable bonds is 8. The minimum atomic E-state index is 1.12. The molecule has 0 saturated heterocycles. The second-order valence-electron chi connectivity index (χ2n) is 5.20. The van der Waals surface area contributed by atoms with Gasteiger partial charge in [0.05, 0.1) is 0 Å². The van der Waals surface area contributed by atoms with Gasteiger partial charge in [-0.05, 0) is 43.7 Å². The van der Waals surface area contributed by atoms with Crippen LogP contribution in [0.25, 0.3) is 5.57 Å². The molecule has 0 aromatic heterocycles. The van der Waals surface area contributed by atoms with Crippen LogP contribution < -0.4 is 0 Å². The standard InChI is InChI=1S/C20H28/c1-4-7-13-18(12-6-3)17-20(14-8-5-2)19-15-10-9-11-16-19/h6,9-12,15-16H,4-5,7-8,13-14H2,1-3H3/b12-6+. The Hall–Kier alpha value is -1.52. The van der Waals surface area contributed by atoms with Gasteiger partial charge in [0.2, 0.25) is 0 Å². The molecule has 0 heterocycles. The fourth-order valence-electron chi connectivity index (χ4n) is 2.22. The first kappa shape index (κ1) is 16.5. The molecule has 0 N–H and O–H groups in total. The number of benzene rings is 1. The predicted molar refractivity (Wildman–Crippen MR) is 90.7 cm³/mol. The molecule has 1 aromatic rings. The average Bonchev–Trinajstić information content (AvgIpc) is 2.49. The molecule has 1 aromatic carbocycles. The highest BCUT2D eigenvalue weighted by Crippen LogP contribution is 2.21. The highest BCUT2D eigenvalue weighted by molar-refractivity contribution is 5.65. The maximum Gasteiger partial charge on any atom is 0.00149 e. The lowest BCUT2D eigenvalue weighted by Crippen LogP contribution is -1.85. The Bertz CT molecular complexity index is 456. The van der Waals surface area contributed by atoms with E-state index in [-0.39, 0.29) is 0 Å². The average molecular weight is 268 g/mol. The molecule has 108 valence electrons. The molecule has 0 aliphatic carbocycles. The van der Waals surface area contributed by atoms with Crippen LogP contribution in [0.1, 0.15) is 64.9 Å². The van der Waals surface area contributed by atoms with Crippen LogP contribution in [0.5, 0.6) is 0 Å². The highest BCUT2D eigenvalue weighted by atomic mass is 14.0. The summed E-state index contributed by atoms with van der Waals surface area (Å²) < 4.78 is 0. The van der Waals surface area contributed by atoms with E-state index in [0.717, 1.165) is 12.8 Å². The van der Waals surface area contributed by atoms with Crippen molar-refractivity contribution in [3.8, 4) is 0 Å². The summed E-state index contributed by atoms with van der Waals surface area (Å²) in [6, 6.07) is 10.7. The summed E-state index contributed by atoms with van der Waals surface area (Å²) in [5, 5.41) is 0. The fraction of sp³-hybridized carbons (Fsp3) is 0.450. The molecule has 0 aliphatic heterocycles. The first-order chi connectivity index (χ1) is 9.81. The van der Waals surface area contributed by atoms with Gasteiger partial charge in [-0.3, -0.25) is 0 Å². The number of allylic oxidation sites excluding steroid dienone is 3. The lowest BCUT2D eigenvalue weighted by Gasteiger charge is -2.06. The van der Waals surface area contributed by atoms with Crippen LogP contribution in [0.4, 0.5) is 0 Å².